The second-order valence-corrected chi connectivity index (χ2v) is 13.9. The highest BCUT2D eigenvalue weighted by atomic mass is 16.7. The van der Waals surface area contributed by atoms with Crippen molar-refractivity contribution in [1.29, 1.82) is 0 Å². The molecule has 0 aliphatic heterocycles. The van der Waals surface area contributed by atoms with Gasteiger partial charge in [0.2, 0.25) is 5.78 Å². The second kappa shape index (κ2) is 14.3. The number of carbonyl (C=O) groups excluding carboxylic acids is 2. The number of rotatable bonds is 14. The lowest BCUT2D eigenvalue weighted by Crippen LogP contribution is -2.66. The van der Waals surface area contributed by atoms with E-state index in [-0.39, 0.29) is 61.0 Å². The summed E-state index contributed by atoms with van der Waals surface area (Å²) in [5.41, 5.74) is -0.0593. The number of ether oxygens (including phenoxy) is 7. The summed E-state index contributed by atoms with van der Waals surface area (Å²) >= 11 is 0. The van der Waals surface area contributed by atoms with Crippen LogP contribution in [0.25, 0.3) is 0 Å². The quantitative estimate of drug-likeness (QED) is 0.152. The Morgan fingerprint density at radius 3 is 2.14 bits per heavy atom. The first kappa shape index (κ1) is 33.8. The molecule has 0 aromatic heterocycles. The standard InChI is InChI=1S/C33H56O9/c1-9-22-25-15-21(40-17-36-5)12-13-32(25,3)26-16-28(41-18-37-6)33(4)23(20(2)14-27(34)31(35)39-8)10-11-24(33)29(26)30(22)42-19-38-7/h20-26,28-30H,9-19H2,1-8H3/t20-,21-,22-,23-,24?,25+,26?,28+,29?,30-,32+,33-/m1/s1. The van der Waals surface area contributed by atoms with Crippen LogP contribution in [0.2, 0.25) is 0 Å². The van der Waals surface area contributed by atoms with Crippen LogP contribution in [0.5, 0.6) is 0 Å². The van der Waals surface area contributed by atoms with E-state index >= 15 is 0 Å². The van der Waals surface area contributed by atoms with Crippen LogP contribution in [0.3, 0.4) is 0 Å². The van der Waals surface area contributed by atoms with Crippen LogP contribution in [0.1, 0.15) is 79.1 Å². The molecule has 0 spiro atoms. The molecule has 0 amide bonds. The van der Waals surface area contributed by atoms with Gasteiger partial charge in [0, 0.05) is 33.2 Å². The normalized spacial score (nSPS) is 41.9. The molecule has 4 saturated carbocycles. The molecule has 0 saturated heterocycles. The van der Waals surface area contributed by atoms with Crippen molar-refractivity contribution in [2.45, 2.75) is 97.4 Å². The van der Waals surface area contributed by atoms with Crippen LogP contribution < -0.4 is 0 Å². The monoisotopic (exact) mass is 596 g/mol. The smallest absolute Gasteiger partial charge is 0.374 e. The van der Waals surface area contributed by atoms with E-state index in [1.165, 1.54) is 7.11 Å². The SMILES string of the molecule is CC[C@H]1[C@@H](OCOC)C2C3CC[C@H]([C@H](C)CC(=O)C(=O)OC)[C@@]3(C)[C@@H](OCOC)CC2[C@@]2(C)CC[C@@H](OCOC)C[C@@H]12. The summed E-state index contributed by atoms with van der Waals surface area (Å²) in [4.78, 5) is 24.7. The molecular formula is C33H56O9. The number of esters is 1. The van der Waals surface area contributed by atoms with Gasteiger partial charge in [-0.1, -0.05) is 34.1 Å². The third-order valence-electron chi connectivity index (χ3n) is 12.3. The maximum absolute atomic E-state index is 12.7. The van der Waals surface area contributed by atoms with Gasteiger partial charge < -0.3 is 33.2 Å². The Morgan fingerprint density at radius 2 is 1.50 bits per heavy atom. The van der Waals surface area contributed by atoms with Gasteiger partial charge in [0.25, 0.3) is 0 Å². The molecule has 4 rings (SSSR count). The van der Waals surface area contributed by atoms with Crippen molar-refractivity contribution in [2.24, 2.45) is 52.3 Å². The zero-order valence-corrected chi connectivity index (χ0v) is 27.2. The van der Waals surface area contributed by atoms with Gasteiger partial charge in [-0.25, -0.2) is 4.79 Å². The molecule has 42 heavy (non-hydrogen) atoms. The van der Waals surface area contributed by atoms with Crippen molar-refractivity contribution in [1.82, 2.24) is 0 Å². The molecule has 4 aliphatic rings. The number of hydrogen-bond acceptors (Lipinski definition) is 9. The Kier molecular flexibility index (Phi) is 11.5. The summed E-state index contributed by atoms with van der Waals surface area (Å²) in [7, 11) is 6.33. The summed E-state index contributed by atoms with van der Waals surface area (Å²) in [6.07, 6.45) is 7.58. The number of fused-ring (bicyclic) bond motifs is 5. The van der Waals surface area contributed by atoms with Gasteiger partial charge in [-0.3, -0.25) is 4.79 Å². The number of methoxy groups -OCH3 is 4. The van der Waals surface area contributed by atoms with E-state index in [2.05, 4.69) is 27.7 Å². The minimum Gasteiger partial charge on any atom is -0.463 e. The van der Waals surface area contributed by atoms with E-state index in [0.29, 0.717) is 36.4 Å². The molecule has 9 heteroatoms. The molecule has 12 atom stereocenters. The Hall–Kier alpha value is -1.10. The van der Waals surface area contributed by atoms with Gasteiger partial charge in [0.15, 0.2) is 0 Å². The third kappa shape index (κ3) is 6.08. The average molecular weight is 597 g/mol. The van der Waals surface area contributed by atoms with Crippen molar-refractivity contribution >= 4 is 11.8 Å². The summed E-state index contributed by atoms with van der Waals surface area (Å²) in [6.45, 7) is 10.2. The summed E-state index contributed by atoms with van der Waals surface area (Å²) in [5.74, 6) is 1.02. The number of hydrogen-bond donors (Lipinski definition) is 0. The Morgan fingerprint density at radius 1 is 0.833 bits per heavy atom. The predicted molar refractivity (Wildman–Crippen MR) is 156 cm³/mol. The highest BCUT2D eigenvalue weighted by Gasteiger charge is 2.68. The number of ketones is 1. The Bertz CT molecular complexity index is 912. The van der Waals surface area contributed by atoms with Crippen LogP contribution >= 0.6 is 0 Å². The number of Topliss-reactive ketones (excluding diaryl/α,β-unsaturated/α-hetero) is 1. The summed E-state index contributed by atoms with van der Waals surface area (Å²) < 4.78 is 40.5. The lowest BCUT2D eigenvalue weighted by Gasteiger charge is -2.66. The molecular weight excluding hydrogens is 540 g/mol. The molecule has 3 unspecified atom stereocenters. The summed E-state index contributed by atoms with van der Waals surface area (Å²) in [6, 6.07) is 0. The zero-order chi connectivity index (χ0) is 30.7. The largest absolute Gasteiger partial charge is 0.463 e. The van der Waals surface area contributed by atoms with E-state index in [1.807, 2.05) is 0 Å². The fourth-order valence-electron chi connectivity index (χ4n) is 10.5. The van der Waals surface area contributed by atoms with Crippen molar-refractivity contribution in [3.8, 4) is 0 Å². The van der Waals surface area contributed by atoms with Crippen LogP contribution in [0.4, 0.5) is 0 Å². The first-order valence-electron chi connectivity index (χ1n) is 16.0. The topological polar surface area (TPSA) is 98.8 Å². The lowest BCUT2D eigenvalue weighted by atomic mass is 9.40. The minimum atomic E-state index is -0.757. The van der Waals surface area contributed by atoms with E-state index in [1.54, 1.807) is 21.3 Å². The maximum Gasteiger partial charge on any atom is 0.374 e. The molecule has 0 N–H and O–H groups in total. The lowest BCUT2D eigenvalue weighted by molar-refractivity contribution is -0.267. The van der Waals surface area contributed by atoms with Gasteiger partial charge in [-0.2, -0.15) is 0 Å². The third-order valence-corrected chi connectivity index (χ3v) is 12.3. The van der Waals surface area contributed by atoms with Crippen LogP contribution in [-0.4, -0.2) is 78.9 Å². The van der Waals surface area contributed by atoms with Gasteiger partial charge in [-0.15, -0.1) is 0 Å². The molecule has 0 aromatic carbocycles. The van der Waals surface area contributed by atoms with Crippen molar-refractivity contribution in [3.63, 3.8) is 0 Å². The van der Waals surface area contributed by atoms with E-state index in [9.17, 15) is 9.59 Å². The van der Waals surface area contributed by atoms with Gasteiger partial charge in [0.1, 0.15) is 20.4 Å². The van der Waals surface area contributed by atoms with E-state index < -0.39 is 11.8 Å². The minimum absolute atomic E-state index is 0.0203. The van der Waals surface area contributed by atoms with E-state index in [0.717, 1.165) is 44.9 Å². The maximum atomic E-state index is 12.7. The van der Waals surface area contributed by atoms with Crippen molar-refractivity contribution in [3.05, 3.63) is 0 Å². The highest BCUT2D eigenvalue weighted by molar-refractivity contribution is 6.33. The Labute approximate surface area is 253 Å². The zero-order valence-electron chi connectivity index (χ0n) is 27.2. The van der Waals surface area contributed by atoms with E-state index in [4.69, 9.17) is 33.2 Å². The van der Waals surface area contributed by atoms with Crippen molar-refractivity contribution in [2.75, 3.05) is 48.8 Å². The average Bonchev–Trinajstić information content (AvgIpc) is 3.35. The summed E-state index contributed by atoms with van der Waals surface area (Å²) in [5, 5.41) is 0. The second-order valence-electron chi connectivity index (χ2n) is 13.9. The molecule has 0 radical (unpaired) electrons. The molecule has 0 bridgehead atoms. The van der Waals surface area contributed by atoms with Crippen LogP contribution in [0, 0.1) is 52.3 Å². The van der Waals surface area contributed by atoms with Crippen molar-refractivity contribution < 1.29 is 42.7 Å². The fourth-order valence-corrected chi connectivity index (χ4v) is 10.5. The fraction of sp³-hybridized carbons (Fsp3) is 0.939. The Balaban J connectivity index is 1.73. The molecule has 4 aliphatic carbocycles. The highest BCUT2D eigenvalue weighted by Crippen LogP contribution is 2.70. The van der Waals surface area contributed by atoms with Crippen LogP contribution in [0.15, 0.2) is 0 Å². The molecule has 0 heterocycles. The molecule has 0 aromatic rings. The predicted octanol–water partition coefficient (Wildman–Crippen LogP) is 5.24. The first-order valence-corrected chi connectivity index (χ1v) is 16.0. The van der Waals surface area contributed by atoms with Gasteiger partial charge in [0.05, 0.1) is 25.4 Å². The van der Waals surface area contributed by atoms with Gasteiger partial charge >= 0.3 is 5.97 Å². The van der Waals surface area contributed by atoms with Gasteiger partial charge in [-0.05, 0) is 85.4 Å². The number of carbonyl (C=O) groups is 2. The molecule has 242 valence electrons. The molecule has 4 fully saturated rings. The van der Waals surface area contributed by atoms with Crippen LogP contribution in [-0.2, 0) is 42.7 Å². The molecule has 9 nitrogen and oxygen atoms in total. The first-order chi connectivity index (χ1) is 20.1.